The van der Waals surface area contributed by atoms with Crippen LogP contribution in [0.4, 0.5) is 0 Å². The first-order valence-corrected chi connectivity index (χ1v) is 7.47. The molecule has 1 aliphatic rings. The van der Waals surface area contributed by atoms with E-state index in [1.54, 1.807) is 7.11 Å². The minimum atomic E-state index is -0.0404. The summed E-state index contributed by atoms with van der Waals surface area (Å²) >= 11 is 0. The van der Waals surface area contributed by atoms with Gasteiger partial charge in [0.1, 0.15) is 12.4 Å². The number of benzene rings is 1. The van der Waals surface area contributed by atoms with Gasteiger partial charge in [-0.15, -0.1) is 0 Å². The van der Waals surface area contributed by atoms with Crippen LogP contribution < -0.4 is 20.5 Å². The molecule has 0 unspecified atom stereocenters. The van der Waals surface area contributed by atoms with Gasteiger partial charge < -0.3 is 29.8 Å². The number of nitrogens with one attached hydrogen (secondary N) is 1. The molecular weight excluding hydrogens is 300 g/mol. The van der Waals surface area contributed by atoms with Crippen LogP contribution in [0.5, 0.6) is 11.5 Å². The maximum absolute atomic E-state index is 11.8. The Labute approximate surface area is 133 Å². The lowest BCUT2D eigenvalue weighted by molar-refractivity contribution is -0.121. The molecule has 0 aliphatic carbocycles. The Morgan fingerprint density at radius 3 is 2.96 bits per heavy atom. The number of methoxy groups -OCH3 is 1. The van der Waals surface area contributed by atoms with E-state index in [-0.39, 0.29) is 12.7 Å². The van der Waals surface area contributed by atoms with Gasteiger partial charge in [-0.3, -0.25) is 4.79 Å². The van der Waals surface area contributed by atoms with Crippen LogP contribution in [0.15, 0.2) is 12.1 Å². The number of imidazole rings is 1. The predicted octanol–water partition coefficient (Wildman–Crippen LogP) is 0.376. The quantitative estimate of drug-likeness (QED) is 0.765. The van der Waals surface area contributed by atoms with Gasteiger partial charge >= 0.3 is 0 Å². The topological polar surface area (TPSA) is 101 Å². The minimum Gasteiger partial charge on any atom is -0.454 e. The molecule has 2 heterocycles. The van der Waals surface area contributed by atoms with Crippen molar-refractivity contribution < 1.29 is 19.0 Å². The first-order valence-electron chi connectivity index (χ1n) is 7.47. The second kappa shape index (κ2) is 6.84. The minimum absolute atomic E-state index is 0.0404. The largest absolute Gasteiger partial charge is 0.454 e. The van der Waals surface area contributed by atoms with Crippen LogP contribution >= 0.6 is 0 Å². The van der Waals surface area contributed by atoms with E-state index in [0.29, 0.717) is 44.2 Å². The molecular formula is C15H20N4O4. The van der Waals surface area contributed by atoms with E-state index in [2.05, 4.69) is 10.3 Å². The summed E-state index contributed by atoms with van der Waals surface area (Å²) in [5.74, 6) is 2.10. The number of fused-ring (bicyclic) bond motifs is 2. The third kappa shape index (κ3) is 3.22. The van der Waals surface area contributed by atoms with E-state index < -0.39 is 0 Å². The molecule has 1 aromatic carbocycles. The molecule has 0 atom stereocenters. The van der Waals surface area contributed by atoms with Crippen molar-refractivity contribution in [2.45, 2.75) is 19.6 Å². The number of rotatable bonds is 7. The zero-order valence-corrected chi connectivity index (χ0v) is 13.0. The third-order valence-corrected chi connectivity index (χ3v) is 3.62. The Balaban J connectivity index is 1.86. The molecule has 0 saturated heterocycles. The lowest BCUT2D eigenvalue weighted by Crippen LogP contribution is -2.29. The normalized spacial score (nSPS) is 12.8. The van der Waals surface area contributed by atoms with Crippen LogP contribution in [0.3, 0.4) is 0 Å². The molecule has 23 heavy (non-hydrogen) atoms. The Hall–Kier alpha value is -2.32. The van der Waals surface area contributed by atoms with Gasteiger partial charge in [0.25, 0.3) is 0 Å². The summed E-state index contributed by atoms with van der Waals surface area (Å²) in [7, 11) is 1.61. The molecule has 0 radical (unpaired) electrons. The summed E-state index contributed by atoms with van der Waals surface area (Å²) in [6, 6.07) is 3.74. The maximum Gasteiger partial charge on any atom is 0.231 e. The Morgan fingerprint density at radius 2 is 2.22 bits per heavy atom. The third-order valence-electron chi connectivity index (χ3n) is 3.62. The van der Waals surface area contributed by atoms with Crippen LogP contribution in [0, 0.1) is 0 Å². The van der Waals surface area contributed by atoms with Crippen molar-refractivity contribution in [3.63, 3.8) is 0 Å². The SMILES string of the molecule is COCc1nc2cc3c(cc2n1CCC(=O)NCCN)OCO3. The van der Waals surface area contributed by atoms with Crippen LogP contribution in [0.2, 0.25) is 0 Å². The number of carbonyl (C=O) groups is 1. The number of nitrogens with zero attached hydrogens (tertiary/aromatic N) is 2. The highest BCUT2D eigenvalue weighted by Crippen LogP contribution is 2.36. The van der Waals surface area contributed by atoms with Crippen molar-refractivity contribution in [3.05, 3.63) is 18.0 Å². The van der Waals surface area contributed by atoms with E-state index in [4.69, 9.17) is 19.9 Å². The van der Waals surface area contributed by atoms with Crippen molar-refractivity contribution in [2.75, 3.05) is 27.0 Å². The Morgan fingerprint density at radius 1 is 1.43 bits per heavy atom. The second-order valence-electron chi connectivity index (χ2n) is 5.20. The van der Waals surface area contributed by atoms with Gasteiger partial charge in [0.15, 0.2) is 11.5 Å². The smallest absolute Gasteiger partial charge is 0.231 e. The molecule has 1 aromatic heterocycles. The van der Waals surface area contributed by atoms with Gasteiger partial charge in [-0.25, -0.2) is 4.98 Å². The van der Waals surface area contributed by atoms with E-state index in [1.807, 2.05) is 16.7 Å². The predicted molar refractivity (Wildman–Crippen MR) is 83.3 cm³/mol. The van der Waals surface area contributed by atoms with Crippen molar-refractivity contribution in [3.8, 4) is 11.5 Å². The van der Waals surface area contributed by atoms with Crippen molar-refractivity contribution in [1.29, 1.82) is 0 Å². The standard InChI is InChI=1S/C15H20N4O4/c1-21-8-14-18-10-6-12-13(23-9-22-12)7-11(10)19(14)5-2-15(20)17-4-3-16/h6-7H,2-5,8-9,16H2,1H3,(H,17,20). The lowest BCUT2D eigenvalue weighted by atomic mass is 10.2. The molecule has 0 saturated carbocycles. The molecule has 2 aromatic rings. The van der Waals surface area contributed by atoms with Crippen LogP contribution in [-0.2, 0) is 22.7 Å². The van der Waals surface area contributed by atoms with E-state index in [9.17, 15) is 4.79 Å². The number of hydrogen-bond donors (Lipinski definition) is 2. The Kier molecular flexibility index (Phi) is 4.63. The number of aromatic nitrogens is 2. The number of carbonyl (C=O) groups excluding carboxylic acids is 1. The first kappa shape index (κ1) is 15.6. The maximum atomic E-state index is 11.8. The first-order chi connectivity index (χ1) is 11.2. The molecule has 0 fully saturated rings. The van der Waals surface area contributed by atoms with Gasteiger partial charge in [-0.1, -0.05) is 0 Å². The average Bonchev–Trinajstić information content (AvgIpc) is 3.12. The molecule has 3 N–H and O–H groups in total. The number of amides is 1. The zero-order valence-electron chi connectivity index (χ0n) is 13.0. The fourth-order valence-electron chi connectivity index (χ4n) is 2.57. The number of ether oxygens (including phenoxy) is 3. The number of aryl methyl sites for hydroxylation is 1. The highest BCUT2D eigenvalue weighted by atomic mass is 16.7. The van der Waals surface area contributed by atoms with Crippen molar-refractivity contribution in [1.82, 2.24) is 14.9 Å². The highest BCUT2D eigenvalue weighted by molar-refractivity contribution is 5.81. The summed E-state index contributed by atoms with van der Waals surface area (Å²) in [4.78, 5) is 16.4. The molecule has 1 aliphatic heterocycles. The van der Waals surface area contributed by atoms with E-state index in [1.165, 1.54) is 0 Å². The van der Waals surface area contributed by atoms with Gasteiger partial charge in [0.05, 0.1) is 11.0 Å². The molecule has 8 nitrogen and oxygen atoms in total. The summed E-state index contributed by atoms with van der Waals surface area (Å²) in [6.45, 7) is 2.00. The molecule has 1 amide bonds. The molecule has 0 bridgehead atoms. The van der Waals surface area contributed by atoms with Gasteiger partial charge in [0.2, 0.25) is 12.7 Å². The number of nitrogens with two attached hydrogens (primary N) is 1. The van der Waals surface area contributed by atoms with Crippen LogP contribution in [-0.4, -0.2) is 42.5 Å². The van der Waals surface area contributed by atoms with Gasteiger partial charge in [0, 0.05) is 45.3 Å². The fraction of sp³-hybridized carbons (Fsp3) is 0.467. The zero-order chi connectivity index (χ0) is 16.2. The van der Waals surface area contributed by atoms with Crippen LogP contribution in [0.1, 0.15) is 12.2 Å². The Bertz CT molecular complexity index is 713. The summed E-state index contributed by atoms with van der Waals surface area (Å²) in [6.07, 6.45) is 0.344. The molecule has 124 valence electrons. The van der Waals surface area contributed by atoms with Gasteiger partial charge in [-0.2, -0.15) is 0 Å². The van der Waals surface area contributed by atoms with Gasteiger partial charge in [-0.05, 0) is 0 Å². The fourth-order valence-corrected chi connectivity index (χ4v) is 2.57. The second-order valence-corrected chi connectivity index (χ2v) is 5.20. The summed E-state index contributed by atoms with van der Waals surface area (Å²) in [5.41, 5.74) is 7.08. The van der Waals surface area contributed by atoms with Crippen LogP contribution in [0.25, 0.3) is 11.0 Å². The molecule has 8 heteroatoms. The monoisotopic (exact) mass is 320 g/mol. The van der Waals surface area contributed by atoms with E-state index >= 15 is 0 Å². The molecule has 0 spiro atoms. The summed E-state index contributed by atoms with van der Waals surface area (Å²) in [5, 5.41) is 2.76. The molecule has 3 rings (SSSR count). The highest BCUT2D eigenvalue weighted by Gasteiger charge is 2.19. The van der Waals surface area contributed by atoms with Crippen molar-refractivity contribution in [2.24, 2.45) is 5.73 Å². The average molecular weight is 320 g/mol. The number of hydrogen-bond acceptors (Lipinski definition) is 6. The van der Waals surface area contributed by atoms with Crippen molar-refractivity contribution >= 4 is 16.9 Å². The van der Waals surface area contributed by atoms with E-state index in [0.717, 1.165) is 16.9 Å². The summed E-state index contributed by atoms with van der Waals surface area (Å²) < 4.78 is 18.0. The lowest BCUT2D eigenvalue weighted by Gasteiger charge is -2.09.